The standard InChI is InChI=1S/C18H27N5O3/c1-12-10-22(13(11-24)9-19-12)18-17-14(6-7-15(25)21(17)2)20-23(18)16-5-3-4-8-26-16/h6-7,12-13,16,19,24H,3-5,8-11H2,1-2H3/t12-,13-,16?/m1/s1. The number of pyridine rings is 1. The van der Waals surface area contributed by atoms with Gasteiger partial charge in [-0.2, -0.15) is 5.10 Å². The minimum absolute atomic E-state index is 0.0404. The summed E-state index contributed by atoms with van der Waals surface area (Å²) >= 11 is 0. The molecule has 8 nitrogen and oxygen atoms in total. The number of piperazine rings is 1. The number of aliphatic hydroxyl groups excluding tert-OH is 1. The summed E-state index contributed by atoms with van der Waals surface area (Å²) in [6.07, 6.45) is 2.93. The molecule has 0 aliphatic carbocycles. The molecule has 2 fully saturated rings. The summed E-state index contributed by atoms with van der Waals surface area (Å²) < 4.78 is 9.58. The van der Waals surface area contributed by atoms with Crippen molar-refractivity contribution in [2.24, 2.45) is 7.05 Å². The molecule has 2 aromatic heterocycles. The van der Waals surface area contributed by atoms with E-state index < -0.39 is 0 Å². The zero-order valence-corrected chi connectivity index (χ0v) is 15.4. The number of hydrogen-bond donors (Lipinski definition) is 2. The molecule has 2 aromatic rings. The number of aryl methyl sites for hydroxylation is 1. The minimum Gasteiger partial charge on any atom is -0.394 e. The lowest BCUT2D eigenvalue weighted by molar-refractivity contribution is -0.0384. The predicted octanol–water partition coefficient (Wildman–Crippen LogP) is 0.593. The summed E-state index contributed by atoms with van der Waals surface area (Å²) in [7, 11) is 1.78. The fraction of sp³-hybridized carbons (Fsp3) is 0.667. The highest BCUT2D eigenvalue weighted by molar-refractivity contribution is 5.87. The molecule has 3 atom stereocenters. The number of nitrogens with zero attached hydrogens (tertiary/aromatic N) is 4. The molecule has 2 saturated heterocycles. The number of aromatic nitrogens is 3. The van der Waals surface area contributed by atoms with Gasteiger partial charge in [-0.25, -0.2) is 4.68 Å². The van der Waals surface area contributed by atoms with Crippen LogP contribution < -0.4 is 15.8 Å². The molecular formula is C18H27N5O3. The minimum atomic E-state index is -0.134. The third kappa shape index (κ3) is 2.91. The van der Waals surface area contributed by atoms with E-state index in [-0.39, 0.29) is 30.5 Å². The fourth-order valence-corrected chi connectivity index (χ4v) is 4.00. The van der Waals surface area contributed by atoms with Gasteiger partial charge in [0.1, 0.15) is 11.0 Å². The molecule has 142 valence electrons. The third-order valence-corrected chi connectivity index (χ3v) is 5.46. The van der Waals surface area contributed by atoms with Gasteiger partial charge in [-0.3, -0.25) is 4.79 Å². The lowest BCUT2D eigenvalue weighted by Gasteiger charge is -2.41. The van der Waals surface area contributed by atoms with E-state index in [0.29, 0.717) is 6.54 Å². The van der Waals surface area contributed by atoms with Crippen LogP contribution in [-0.4, -0.2) is 57.8 Å². The molecular weight excluding hydrogens is 334 g/mol. The maximum absolute atomic E-state index is 12.3. The zero-order valence-electron chi connectivity index (χ0n) is 15.4. The summed E-state index contributed by atoms with van der Waals surface area (Å²) in [6.45, 7) is 4.32. The monoisotopic (exact) mass is 361 g/mol. The van der Waals surface area contributed by atoms with Crippen molar-refractivity contribution in [3.05, 3.63) is 22.5 Å². The molecule has 2 aliphatic heterocycles. The molecule has 2 aliphatic rings. The van der Waals surface area contributed by atoms with Gasteiger partial charge >= 0.3 is 0 Å². The van der Waals surface area contributed by atoms with Crippen molar-refractivity contribution < 1.29 is 9.84 Å². The SMILES string of the molecule is C[C@@H]1CN(c2c3c(ccc(=O)n3C)nn2C2CCCCO2)[C@@H](CO)CN1. The quantitative estimate of drug-likeness (QED) is 0.833. The molecule has 0 amide bonds. The highest BCUT2D eigenvalue weighted by atomic mass is 16.5. The smallest absolute Gasteiger partial charge is 0.250 e. The van der Waals surface area contributed by atoms with Crippen molar-refractivity contribution in [2.75, 3.05) is 31.2 Å². The number of aliphatic hydroxyl groups is 1. The Balaban J connectivity index is 1.91. The Bertz CT molecular complexity index is 839. The van der Waals surface area contributed by atoms with E-state index >= 15 is 0 Å². The second kappa shape index (κ2) is 7.02. The molecule has 0 aromatic carbocycles. The summed E-state index contributed by atoms with van der Waals surface area (Å²) in [6, 6.07) is 3.54. The summed E-state index contributed by atoms with van der Waals surface area (Å²) in [4.78, 5) is 14.5. The molecule has 1 unspecified atom stereocenters. The average Bonchev–Trinajstić information content (AvgIpc) is 3.05. The Morgan fingerprint density at radius 1 is 1.38 bits per heavy atom. The number of anilines is 1. The fourth-order valence-electron chi connectivity index (χ4n) is 4.00. The van der Waals surface area contributed by atoms with E-state index in [1.807, 2.05) is 4.68 Å². The van der Waals surface area contributed by atoms with Crippen molar-refractivity contribution in [3.8, 4) is 0 Å². The average molecular weight is 361 g/mol. The third-order valence-electron chi connectivity index (χ3n) is 5.46. The normalized spacial score (nSPS) is 27.2. The van der Waals surface area contributed by atoms with Crippen molar-refractivity contribution in [3.63, 3.8) is 0 Å². The van der Waals surface area contributed by atoms with Gasteiger partial charge in [0.05, 0.1) is 12.6 Å². The van der Waals surface area contributed by atoms with Crippen molar-refractivity contribution in [1.29, 1.82) is 0 Å². The first-order valence-electron chi connectivity index (χ1n) is 9.41. The summed E-state index contributed by atoms with van der Waals surface area (Å²) in [5.41, 5.74) is 1.52. The Hall–Kier alpha value is -1.90. The first-order valence-corrected chi connectivity index (χ1v) is 9.41. The maximum Gasteiger partial charge on any atom is 0.250 e. The van der Waals surface area contributed by atoms with Crippen LogP contribution in [0.5, 0.6) is 0 Å². The molecule has 4 rings (SSSR count). The second-order valence-electron chi connectivity index (χ2n) is 7.35. The van der Waals surface area contributed by atoms with Gasteiger partial charge in [-0.15, -0.1) is 0 Å². The van der Waals surface area contributed by atoms with Crippen LogP contribution in [0.1, 0.15) is 32.4 Å². The van der Waals surface area contributed by atoms with Crippen LogP contribution in [0.25, 0.3) is 11.0 Å². The zero-order chi connectivity index (χ0) is 18.3. The van der Waals surface area contributed by atoms with Gasteiger partial charge in [-0.05, 0) is 32.3 Å². The van der Waals surface area contributed by atoms with Gasteiger partial charge in [0.15, 0.2) is 12.0 Å². The van der Waals surface area contributed by atoms with Crippen LogP contribution in [0.3, 0.4) is 0 Å². The van der Waals surface area contributed by atoms with Crippen LogP contribution in [0.2, 0.25) is 0 Å². The number of hydrogen-bond acceptors (Lipinski definition) is 6. The van der Waals surface area contributed by atoms with Gasteiger partial charge in [0, 0.05) is 38.9 Å². The van der Waals surface area contributed by atoms with E-state index in [4.69, 9.17) is 9.84 Å². The Labute approximate surface area is 152 Å². The number of fused-ring (bicyclic) bond motifs is 1. The largest absolute Gasteiger partial charge is 0.394 e. The summed E-state index contributed by atoms with van der Waals surface area (Å²) in [5, 5.41) is 18.1. The molecule has 2 N–H and O–H groups in total. The van der Waals surface area contributed by atoms with Gasteiger partial charge in [-0.1, -0.05) is 0 Å². The van der Waals surface area contributed by atoms with Crippen molar-refractivity contribution >= 4 is 16.9 Å². The molecule has 8 heteroatoms. The van der Waals surface area contributed by atoms with E-state index in [9.17, 15) is 9.90 Å². The molecule has 0 bridgehead atoms. The van der Waals surface area contributed by atoms with E-state index in [1.54, 1.807) is 23.7 Å². The molecule has 4 heterocycles. The van der Waals surface area contributed by atoms with E-state index in [1.165, 1.54) is 0 Å². The van der Waals surface area contributed by atoms with E-state index in [0.717, 1.165) is 49.3 Å². The van der Waals surface area contributed by atoms with Crippen molar-refractivity contribution in [1.82, 2.24) is 19.7 Å². The first kappa shape index (κ1) is 17.5. The predicted molar refractivity (Wildman–Crippen MR) is 99.5 cm³/mol. The first-order chi connectivity index (χ1) is 12.6. The highest BCUT2D eigenvalue weighted by Crippen LogP contribution is 2.34. The molecule has 0 spiro atoms. The number of rotatable bonds is 3. The van der Waals surface area contributed by atoms with Crippen molar-refractivity contribution in [2.45, 2.75) is 44.5 Å². The van der Waals surface area contributed by atoms with Crippen LogP contribution in [0.4, 0.5) is 5.82 Å². The lowest BCUT2D eigenvalue weighted by atomic mass is 10.1. The number of nitrogens with one attached hydrogen (secondary N) is 1. The van der Waals surface area contributed by atoms with E-state index in [2.05, 4.69) is 17.1 Å². The number of ether oxygens (including phenoxy) is 1. The van der Waals surface area contributed by atoms with Gasteiger partial charge < -0.3 is 24.6 Å². The Morgan fingerprint density at radius 2 is 2.23 bits per heavy atom. The maximum atomic E-state index is 12.3. The Kier molecular flexibility index (Phi) is 4.73. The van der Waals surface area contributed by atoms with Gasteiger partial charge in [0.25, 0.3) is 5.56 Å². The lowest BCUT2D eigenvalue weighted by Crippen LogP contribution is -2.57. The molecule has 0 radical (unpaired) electrons. The van der Waals surface area contributed by atoms with Gasteiger partial charge in [0.2, 0.25) is 0 Å². The molecule has 0 saturated carbocycles. The summed E-state index contributed by atoms with van der Waals surface area (Å²) in [5.74, 6) is 0.875. The van der Waals surface area contributed by atoms with Crippen LogP contribution in [-0.2, 0) is 11.8 Å². The van der Waals surface area contributed by atoms with Crippen LogP contribution in [0.15, 0.2) is 16.9 Å². The van der Waals surface area contributed by atoms with Crippen LogP contribution >= 0.6 is 0 Å². The highest BCUT2D eigenvalue weighted by Gasteiger charge is 2.33. The Morgan fingerprint density at radius 3 is 2.96 bits per heavy atom. The topological polar surface area (TPSA) is 84.6 Å². The molecule has 26 heavy (non-hydrogen) atoms. The second-order valence-corrected chi connectivity index (χ2v) is 7.35. The van der Waals surface area contributed by atoms with Crippen LogP contribution in [0, 0.1) is 0 Å².